The molecule has 0 aliphatic rings. The molecule has 0 N–H and O–H groups in total. The average molecular weight is 435 g/mol. The fourth-order valence-electron chi connectivity index (χ4n) is 0.757. The molecule has 0 bridgehead atoms. The summed E-state index contributed by atoms with van der Waals surface area (Å²) in [5.74, 6) is 0. The van der Waals surface area contributed by atoms with Crippen LogP contribution in [0.15, 0.2) is 33.6 Å². The van der Waals surface area contributed by atoms with Gasteiger partial charge in [0.15, 0.2) is 0 Å². The third kappa shape index (κ3) is 7.77. The molecule has 0 saturated heterocycles. The number of sulfonamides is 1. The number of halogens is 1. The summed E-state index contributed by atoms with van der Waals surface area (Å²) in [5, 5.41) is 0. The molecule has 0 unspecified atom stereocenters. The second-order valence-corrected chi connectivity index (χ2v) is 6.17. The predicted molar refractivity (Wildman–Crippen MR) is 68.5 cm³/mol. The van der Waals surface area contributed by atoms with Crippen molar-refractivity contribution in [3.8, 4) is 0 Å². The van der Waals surface area contributed by atoms with Crippen LogP contribution in [0.4, 0.5) is 0 Å². The molecule has 0 saturated carbocycles. The fourth-order valence-corrected chi connectivity index (χ4v) is 2.49. The van der Waals surface area contributed by atoms with Crippen molar-refractivity contribution in [2.75, 3.05) is 0 Å². The van der Waals surface area contributed by atoms with Crippen LogP contribution in [0, 0.1) is 3.57 Å². The van der Waals surface area contributed by atoms with Crippen LogP contribution in [0.2, 0.25) is 0 Å². The molecule has 0 radical (unpaired) electrons. The minimum absolute atomic E-state index is 0. The Morgan fingerprint density at radius 2 is 1.56 bits per heavy atom. The van der Waals surface area contributed by atoms with Gasteiger partial charge in [-0.2, -0.15) is 8.42 Å². The minimum Gasteiger partial charge on any atom is -0.788 e. The monoisotopic (exact) mass is 435 g/mol. The van der Waals surface area contributed by atoms with E-state index in [1.54, 1.807) is 12.1 Å². The molecule has 0 atom stereocenters. The number of rotatable bonds is 2. The van der Waals surface area contributed by atoms with Crippen LogP contribution in [0.3, 0.4) is 0 Å². The van der Waals surface area contributed by atoms with E-state index in [9.17, 15) is 8.42 Å². The van der Waals surface area contributed by atoms with Gasteiger partial charge in [-0.3, -0.25) is 0 Å². The first-order chi connectivity index (χ1) is 6.42. The van der Waals surface area contributed by atoms with Gasteiger partial charge in [-0.1, -0.05) is 0 Å². The molecule has 1 aromatic rings. The van der Waals surface area contributed by atoms with E-state index < -0.39 is 10.0 Å². The maximum Gasteiger partial charge on any atom is 1.00 e. The van der Waals surface area contributed by atoms with E-state index in [-0.39, 0.29) is 112 Å². The topological polar surface area (TPSA) is 46.5 Å². The zero-order valence-electron chi connectivity index (χ0n) is 8.68. The van der Waals surface area contributed by atoms with Gasteiger partial charge in [0.2, 0.25) is 0 Å². The zero-order valence-corrected chi connectivity index (χ0v) is 19.5. The van der Waals surface area contributed by atoms with Crippen LogP contribution in [-0.4, -0.2) is 12.8 Å². The molecule has 0 amide bonds. The van der Waals surface area contributed by atoms with Crippen molar-refractivity contribution in [3.05, 3.63) is 27.8 Å². The van der Waals surface area contributed by atoms with Crippen LogP contribution in [0.25, 0.3) is 0 Å². The van der Waals surface area contributed by atoms with Crippen LogP contribution in [0.5, 0.6) is 0 Å². The molecule has 1 rings (SSSR count). The molecule has 0 aliphatic carbocycles. The van der Waals surface area contributed by atoms with Crippen LogP contribution in [-0.2, 0) is 35.3 Å². The number of benzene rings is 1. The van der Waals surface area contributed by atoms with Crippen molar-refractivity contribution in [2.45, 2.75) is 4.90 Å². The molecule has 0 spiro atoms. The molecule has 76 valence electrons. The quantitative estimate of drug-likeness (QED) is 0.154. The third-order valence-electron chi connectivity index (χ3n) is 1.31. The molecule has 9 heteroatoms. The molecular formula is C7H4IK2NO2S3. The first-order valence-electron chi connectivity index (χ1n) is 3.36. The van der Waals surface area contributed by atoms with Crippen molar-refractivity contribution in [1.29, 1.82) is 0 Å². The summed E-state index contributed by atoms with van der Waals surface area (Å²) in [6, 6.07) is 6.28. The summed E-state index contributed by atoms with van der Waals surface area (Å²) in [6.07, 6.45) is 0. The van der Waals surface area contributed by atoms with Gasteiger partial charge >= 0.3 is 103 Å². The Morgan fingerprint density at radius 3 is 1.94 bits per heavy atom. The van der Waals surface area contributed by atoms with E-state index in [0.29, 0.717) is 0 Å². The molecular weight excluding hydrogens is 431 g/mol. The van der Waals surface area contributed by atoms with E-state index in [0.717, 1.165) is 3.57 Å². The third-order valence-corrected chi connectivity index (χ3v) is 3.73. The summed E-state index contributed by atoms with van der Waals surface area (Å²) >= 11 is 11.0. The van der Waals surface area contributed by atoms with Crippen molar-refractivity contribution in [2.24, 2.45) is 4.40 Å². The second kappa shape index (κ2) is 10.1. The van der Waals surface area contributed by atoms with Gasteiger partial charge in [-0.25, -0.2) is 8.77 Å². The first-order valence-corrected chi connectivity index (χ1v) is 6.70. The first kappa shape index (κ1) is 21.6. The molecule has 16 heavy (non-hydrogen) atoms. The van der Waals surface area contributed by atoms with E-state index in [1.165, 1.54) is 12.1 Å². The van der Waals surface area contributed by atoms with Gasteiger partial charge < -0.3 is 25.3 Å². The standard InChI is InChI=1S/C7H6INO2S3.2K/c8-5-1-3-6(4-2-5)14(10,11)9-7(12)13;;/h1-4H,(H2,9,12,13);;/q;2*+1/p-2. The van der Waals surface area contributed by atoms with Gasteiger partial charge in [-0.15, -0.1) is 0 Å². The largest absolute Gasteiger partial charge is 1.00 e. The zero-order chi connectivity index (χ0) is 10.8. The average Bonchev–Trinajstić information content (AvgIpc) is 2.02. The second-order valence-electron chi connectivity index (χ2n) is 2.29. The summed E-state index contributed by atoms with van der Waals surface area (Å²) < 4.78 is 26.7. The van der Waals surface area contributed by atoms with Crippen LogP contribution >= 0.6 is 22.6 Å². The summed E-state index contributed by atoms with van der Waals surface area (Å²) in [6.45, 7) is 0. The molecule has 3 nitrogen and oxygen atoms in total. The maximum atomic E-state index is 11.4. The van der Waals surface area contributed by atoms with E-state index >= 15 is 0 Å². The van der Waals surface area contributed by atoms with Gasteiger partial charge in [0.05, 0.1) is 4.90 Å². The van der Waals surface area contributed by atoms with E-state index in [2.05, 4.69) is 52.2 Å². The maximum absolute atomic E-state index is 11.4. The Hall–Kier alpha value is 3.28. The predicted octanol–water partition coefficient (Wildman–Crippen LogP) is -4.56. The molecule has 1 aromatic carbocycles. The van der Waals surface area contributed by atoms with E-state index in [4.69, 9.17) is 0 Å². The smallest absolute Gasteiger partial charge is 0.788 e. The SMILES string of the molecule is O=S(=O)(N=C([S-])[S-])c1ccc(I)cc1.[K+].[K+]. The Bertz CT molecular complexity index is 457. The molecule has 0 aromatic heterocycles. The van der Waals surface area contributed by atoms with Gasteiger partial charge in [0.1, 0.15) is 0 Å². The normalized spacial score (nSPS) is 9.56. The molecule has 0 fully saturated rings. The van der Waals surface area contributed by atoms with E-state index in [1.807, 2.05) is 0 Å². The fraction of sp³-hybridized carbons (Fsp3) is 0. The number of nitrogens with zero attached hydrogens (tertiary/aromatic N) is 1. The van der Waals surface area contributed by atoms with Gasteiger partial charge in [0, 0.05) is 3.57 Å². The Labute approximate surface area is 205 Å². The Balaban J connectivity index is 0. The van der Waals surface area contributed by atoms with Crippen molar-refractivity contribution < 1.29 is 111 Å². The van der Waals surface area contributed by atoms with Crippen molar-refractivity contribution in [1.82, 2.24) is 0 Å². The Kier molecular flexibility index (Phi) is 13.6. The minimum atomic E-state index is -3.70. The number of hydrogen-bond acceptors (Lipinski definition) is 4. The number of hydrogen-bond donors (Lipinski definition) is 0. The van der Waals surface area contributed by atoms with Gasteiger partial charge in [-0.05, 0) is 46.9 Å². The van der Waals surface area contributed by atoms with Crippen LogP contribution < -0.4 is 103 Å². The molecule has 0 heterocycles. The van der Waals surface area contributed by atoms with Crippen molar-refractivity contribution >= 4 is 62.2 Å². The van der Waals surface area contributed by atoms with Crippen LogP contribution in [0.1, 0.15) is 0 Å². The molecule has 0 aliphatic heterocycles. The van der Waals surface area contributed by atoms with Crippen molar-refractivity contribution in [3.63, 3.8) is 0 Å². The summed E-state index contributed by atoms with van der Waals surface area (Å²) in [7, 11) is -3.70. The summed E-state index contributed by atoms with van der Waals surface area (Å²) in [5.41, 5.74) is 0. The van der Waals surface area contributed by atoms with Gasteiger partial charge in [0.25, 0.3) is 10.0 Å². The Morgan fingerprint density at radius 1 is 1.12 bits per heavy atom. The summed E-state index contributed by atoms with van der Waals surface area (Å²) in [4.78, 5) is 0.102.